The van der Waals surface area contributed by atoms with Gasteiger partial charge in [-0.05, 0) is 51.5 Å². The zero-order chi connectivity index (χ0) is 26.0. The van der Waals surface area contributed by atoms with E-state index in [2.05, 4.69) is 0 Å². The molecular weight excluding hydrogens is 452 g/mol. The van der Waals surface area contributed by atoms with Gasteiger partial charge in [-0.15, -0.1) is 0 Å². The number of aromatic hydroxyl groups is 2. The Morgan fingerprint density at radius 2 is 1.34 bits per heavy atom. The van der Waals surface area contributed by atoms with E-state index in [1.165, 1.54) is 32.0 Å². The number of rotatable bonds is 8. The fraction of sp³-hybridized carbons (Fsp3) is 0.385. The average Bonchev–Trinajstić information content (AvgIpc) is 2.82. The fourth-order valence-corrected chi connectivity index (χ4v) is 4.70. The highest BCUT2D eigenvalue weighted by Crippen LogP contribution is 2.46. The summed E-state index contributed by atoms with van der Waals surface area (Å²) in [5.74, 6) is -0.406. The standard InChI is InChI=1S/C26H32N2O7/c1-8-27-14(3)10-17(29)24(26(27)32)23(22-15(4)28(9-2)21(31)13-18(22)30)16-11-19(33-5)25(35-7)20(12-16)34-6/h10-13,23,29-30H,8-9H2,1-7H3. The van der Waals surface area contributed by atoms with Crippen LogP contribution < -0.4 is 25.3 Å². The highest BCUT2D eigenvalue weighted by atomic mass is 16.5. The van der Waals surface area contributed by atoms with Crippen molar-refractivity contribution in [2.75, 3.05) is 21.3 Å². The monoisotopic (exact) mass is 484 g/mol. The Hall–Kier alpha value is -3.88. The number of methoxy groups -OCH3 is 3. The molecule has 0 aliphatic carbocycles. The smallest absolute Gasteiger partial charge is 0.258 e. The summed E-state index contributed by atoms with van der Waals surface area (Å²) in [6.07, 6.45) is 0. The van der Waals surface area contributed by atoms with Crippen LogP contribution in [0.3, 0.4) is 0 Å². The van der Waals surface area contributed by atoms with Crippen molar-refractivity contribution in [2.24, 2.45) is 0 Å². The van der Waals surface area contributed by atoms with E-state index in [9.17, 15) is 19.8 Å². The molecule has 9 heteroatoms. The maximum Gasteiger partial charge on any atom is 0.258 e. The predicted molar refractivity (Wildman–Crippen MR) is 133 cm³/mol. The average molecular weight is 485 g/mol. The Kier molecular flexibility index (Phi) is 7.48. The summed E-state index contributed by atoms with van der Waals surface area (Å²) in [6, 6.07) is 5.98. The number of hydrogen-bond acceptors (Lipinski definition) is 7. The predicted octanol–water partition coefficient (Wildman–Crippen LogP) is 3.28. The Labute approximate surface area is 203 Å². The van der Waals surface area contributed by atoms with E-state index in [-0.39, 0.29) is 22.6 Å². The normalized spacial score (nSPS) is 11.9. The van der Waals surface area contributed by atoms with E-state index in [1.54, 1.807) is 30.5 Å². The van der Waals surface area contributed by atoms with Gasteiger partial charge in [0.2, 0.25) is 5.75 Å². The number of benzene rings is 1. The zero-order valence-electron chi connectivity index (χ0n) is 21.1. The Balaban J connectivity index is 2.55. The second-order valence-corrected chi connectivity index (χ2v) is 8.14. The van der Waals surface area contributed by atoms with Crippen LogP contribution in [-0.4, -0.2) is 40.7 Å². The highest BCUT2D eigenvalue weighted by Gasteiger charge is 2.32. The summed E-state index contributed by atoms with van der Waals surface area (Å²) in [4.78, 5) is 26.2. The molecule has 0 radical (unpaired) electrons. The third kappa shape index (κ3) is 4.34. The maximum atomic E-state index is 13.7. The van der Waals surface area contributed by atoms with Crippen LogP contribution in [0.4, 0.5) is 0 Å². The fourth-order valence-electron chi connectivity index (χ4n) is 4.70. The number of ether oxygens (including phenoxy) is 3. The van der Waals surface area contributed by atoms with Gasteiger partial charge in [0.25, 0.3) is 11.1 Å². The van der Waals surface area contributed by atoms with Gasteiger partial charge in [0.05, 0.1) is 26.9 Å². The van der Waals surface area contributed by atoms with Crippen molar-refractivity contribution in [3.8, 4) is 28.7 Å². The molecule has 9 nitrogen and oxygen atoms in total. The molecule has 1 aromatic carbocycles. The van der Waals surface area contributed by atoms with Crippen LogP contribution in [0.2, 0.25) is 0 Å². The van der Waals surface area contributed by atoms with Crippen LogP contribution in [0, 0.1) is 13.8 Å². The highest BCUT2D eigenvalue weighted by molar-refractivity contribution is 5.60. The molecule has 0 fully saturated rings. The first-order chi connectivity index (χ1) is 16.6. The molecule has 0 aliphatic rings. The lowest BCUT2D eigenvalue weighted by Gasteiger charge is -2.26. The SMILES string of the molecule is CCn1c(C)c(C(c2cc(OC)c(OC)c(OC)c2)c2c(O)cc(C)n(CC)c2=O)c(O)cc1=O. The lowest BCUT2D eigenvalue weighted by molar-refractivity contribution is 0.323. The first-order valence-corrected chi connectivity index (χ1v) is 11.3. The molecule has 0 amide bonds. The van der Waals surface area contributed by atoms with Gasteiger partial charge in [0.15, 0.2) is 11.5 Å². The second-order valence-electron chi connectivity index (χ2n) is 8.14. The number of pyridine rings is 2. The molecule has 188 valence electrons. The zero-order valence-corrected chi connectivity index (χ0v) is 21.1. The third-order valence-electron chi connectivity index (χ3n) is 6.35. The first-order valence-electron chi connectivity index (χ1n) is 11.3. The van der Waals surface area contributed by atoms with Gasteiger partial charge in [-0.1, -0.05) is 0 Å². The number of hydrogen-bond donors (Lipinski definition) is 2. The van der Waals surface area contributed by atoms with Crippen LogP contribution in [0.15, 0.2) is 33.9 Å². The molecule has 0 saturated carbocycles. The Morgan fingerprint density at radius 3 is 1.83 bits per heavy atom. The van der Waals surface area contributed by atoms with Crippen LogP contribution in [0.25, 0.3) is 0 Å². The van der Waals surface area contributed by atoms with Gasteiger partial charge in [-0.2, -0.15) is 0 Å². The maximum absolute atomic E-state index is 13.7. The van der Waals surface area contributed by atoms with Crippen LogP contribution in [-0.2, 0) is 13.1 Å². The van der Waals surface area contributed by atoms with Gasteiger partial charge in [0, 0.05) is 42.0 Å². The van der Waals surface area contributed by atoms with E-state index >= 15 is 0 Å². The van der Waals surface area contributed by atoms with Gasteiger partial charge in [-0.25, -0.2) is 0 Å². The van der Waals surface area contributed by atoms with Crippen molar-refractivity contribution in [1.29, 1.82) is 0 Å². The molecule has 0 aliphatic heterocycles. The van der Waals surface area contributed by atoms with E-state index in [1.807, 2.05) is 13.8 Å². The number of aryl methyl sites for hydroxylation is 1. The Morgan fingerprint density at radius 1 is 0.800 bits per heavy atom. The summed E-state index contributed by atoms with van der Waals surface area (Å²) >= 11 is 0. The van der Waals surface area contributed by atoms with Crippen molar-refractivity contribution in [3.63, 3.8) is 0 Å². The summed E-state index contributed by atoms with van der Waals surface area (Å²) in [6.45, 7) is 7.84. The molecule has 1 atom stereocenters. The van der Waals surface area contributed by atoms with Crippen molar-refractivity contribution >= 4 is 0 Å². The minimum Gasteiger partial charge on any atom is -0.507 e. The Bertz CT molecular complexity index is 1350. The van der Waals surface area contributed by atoms with Gasteiger partial charge < -0.3 is 33.6 Å². The summed E-state index contributed by atoms with van der Waals surface area (Å²) < 4.78 is 19.5. The molecule has 0 saturated heterocycles. The van der Waals surface area contributed by atoms with E-state index in [0.717, 1.165) is 6.07 Å². The number of aromatic nitrogens is 2. The second kappa shape index (κ2) is 10.2. The molecule has 3 aromatic rings. The van der Waals surface area contributed by atoms with Crippen LogP contribution in [0.5, 0.6) is 28.7 Å². The number of nitrogens with zero attached hydrogens (tertiary/aromatic N) is 2. The molecule has 35 heavy (non-hydrogen) atoms. The lowest BCUT2D eigenvalue weighted by atomic mass is 9.83. The third-order valence-corrected chi connectivity index (χ3v) is 6.35. The molecule has 0 spiro atoms. The summed E-state index contributed by atoms with van der Waals surface area (Å²) in [5, 5.41) is 22.1. The molecular formula is C26H32N2O7. The molecule has 1 unspecified atom stereocenters. The van der Waals surface area contributed by atoms with Crippen molar-refractivity contribution < 1.29 is 24.4 Å². The molecule has 2 aromatic heterocycles. The van der Waals surface area contributed by atoms with E-state index in [0.29, 0.717) is 52.9 Å². The molecule has 3 rings (SSSR count). The molecule has 2 N–H and O–H groups in total. The quantitative estimate of drug-likeness (QED) is 0.505. The molecule has 2 heterocycles. The topological polar surface area (TPSA) is 112 Å². The largest absolute Gasteiger partial charge is 0.507 e. The summed E-state index contributed by atoms with van der Waals surface area (Å²) in [7, 11) is 4.43. The van der Waals surface area contributed by atoms with Gasteiger partial charge in [-0.3, -0.25) is 9.59 Å². The first kappa shape index (κ1) is 25.7. The molecule has 0 bridgehead atoms. The minimum atomic E-state index is -0.951. The lowest BCUT2D eigenvalue weighted by Crippen LogP contribution is -2.29. The van der Waals surface area contributed by atoms with Crippen molar-refractivity contribution in [3.05, 3.63) is 73.1 Å². The van der Waals surface area contributed by atoms with E-state index in [4.69, 9.17) is 14.2 Å². The van der Waals surface area contributed by atoms with Gasteiger partial charge in [0.1, 0.15) is 11.5 Å². The van der Waals surface area contributed by atoms with E-state index < -0.39 is 11.5 Å². The van der Waals surface area contributed by atoms with Crippen LogP contribution >= 0.6 is 0 Å². The minimum absolute atomic E-state index is 0.0615. The summed E-state index contributed by atoms with van der Waals surface area (Å²) in [5.41, 5.74) is 1.18. The van der Waals surface area contributed by atoms with Crippen molar-refractivity contribution in [1.82, 2.24) is 9.13 Å². The van der Waals surface area contributed by atoms with Crippen LogP contribution in [0.1, 0.15) is 47.8 Å². The van der Waals surface area contributed by atoms with Crippen molar-refractivity contribution in [2.45, 2.75) is 46.7 Å². The van der Waals surface area contributed by atoms with Gasteiger partial charge >= 0.3 is 0 Å².